The summed E-state index contributed by atoms with van der Waals surface area (Å²) in [5, 5.41) is 4.15. The molecule has 1 aliphatic heterocycles. The van der Waals surface area contributed by atoms with Crippen LogP contribution in [0.5, 0.6) is 0 Å². The van der Waals surface area contributed by atoms with Gasteiger partial charge in [-0.3, -0.25) is 4.68 Å². The van der Waals surface area contributed by atoms with Gasteiger partial charge in [0.1, 0.15) is 11.9 Å². The van der Waals surface area contributed by atoms with E-state index in [1.807, 2.05) is 20.0 Å². The van der Waals surface area contributed by atoms with Crippen LogP contribution in [0.3, 0.4) is 0 Å². The first kappa shape index (κ1) is 19.5. The molecule has 0 N–H and O–H groups in total. The zero-order chi connectivity index (χ0) is 19.4. The maximum atomic E-state index is 12.3. The Morgan fingerprint density at radius 1 is 1.33 bits per heavy atom. The van der Waals surface area contributed by atoms with Crippen molar-refractivity contribution < 1.29 is 23.5 Å². The molecule has 2 aromatic heterocycles. The maximum Gasteiger partial charge on any atom is 0.410 e. The van der Waals surface area contributed by atoms with E-state index < -0.39 is 5.97 Å². The van der Waals surface area contributed by atoms with E-state index in [4.69, 9.17) is 13.9 Å². The number of nitrogens with zero attached hydrogens (tertiary/aromatic N) is 3. The van der Waals surface area contributed by atoms with Crippen molar-refractivity contribution in [3.8, 4) is 0 Å². The van der Waals surface area contributed by atoms with Crippen LogP contribution in [0.15, 0.2) is 33.4 Å². The van der Waals surface area contributed by atoms with Gasteiger partial charge < -0.3 is 18.8 Å². The molecule has 1 fully saturated rings. The molecule has 8 nitrogen and oxygen atoms in total. The lowest BCUT2D eigenvalue weighted by atomic mass is 10.1. The highest BCUT2D eigenvalue weighted by molar-refractivity contribution is 9.10. The van der Waals surface area contributed by atoms with E-state index in [0.717, 1.165) is 4.47 Å². The smallest absolute Gasteiger partial charge is 0.410 e. The summed E-state index contributed by atoms with van der Waals surface area (Å²) in [6, 6.07) is 3.34. The minimum absolute atomic E-state index is 0.149. The topological polar surface area (TPSA) is 86.8 Å². The highest BCUT2D eigenvalue weighted by Gasteiger charge is 2.27. The van der Waals surface area contributed by atoms with Crippen LogP contribution in [0.1, 0.15) is 43.0 Å². The molecular weight excluding hydrogens is 418 g/mol. The van der Waals surface area contributed by atoms with Gasteiger partial charge in [0.15, 0.2) is 0 Å². The van der Waals surface area contributed by atoms with Crippen LogP contribution in [0.25, 0.3) is 0 Å². The number of furan rings is 1. The van der Waals surface area contributed by atoms with Gasteiger partial charge >= 0.3 is 12.1 Å². The average molecular weight is 440 g/mol. The molecule has 1 amide bonds. The van der Waals surface area contributed by atoms with Gasteiger partial charge in [-0.05, 0) is 41.9 Å². The van der Waals surface area contributed by atoms with Crippen molar-refractivity contribution in [2.75, 3.05) is 13.1 Å². The Morgan fingerprint density at radius 2 is 2.07 bits per heavy atom. The first-order chi connectivity index (χ1) is 12.9. The predicted octanol–water partition coefficient (Wildman–Crippen LogP) is 3.45. The van der Waals surface area contributed by atoms with Gasteiger partial charge in [-0.15, -0.1) is 0 Å². The lowest BCUT2D eigenvalue weighted by molar-refractivity contribution is 0.00533. The number of likely N-dealkylation sites (tertiary alicyclic amines) is 1. The molecule has 146 valence electrons. The van der Waals surface area contributed by atoms with E-state index >= 15 is 0 Å². The Kier molecular flexibility index (Phi) is 6.20. The Balaban J connectivity index is 1.48. The van der Waals surface area contributed by atoms with Gasteiger partial charge in [-0.2, -0.15) is 5.10 Å². The van der Waals surface area contributed by atoms with Crippen LogP contribution in [0, 0.1) is 0 Å². The molecular formula is C18H22BrN3O5. The standard InChI is InChI=1S/C18H22BrN3O5/c1-12(2)25-18(24)21-7-5-14(6-8-21)27-17(23)16-4-3-15(26-16)11-22-10-13(19)9-20-22/h3-4,9-10,12,14H,5-8,11H2,1-2H3. The van der Waals surface area contributed by atoms with Gasteiger partial charge in [-0.25, -0.2) is 9.59 Å². The quantitative estimate of drug-likeness (QED) is 0.662. The highest BCUT2D eigenvalue weighted by Crippen LogP contribution is 2.18. The summed E-state index contributed by atoms with van der Waals surface area (Å²) in [6.07, 6.45) is 3.94. The molecule has 27 heavy (non-hydrogen) atoms. The summed E-state index contributed by atoms with van der Waals surface area (Å²) < 4.78 is 18.8. The second-order valence-electron chi connectivity index (χ2n) is 6.65. The molecule has 3 heterocycles. The van der Waals surface area contributed by atoms with Gasteiger partial charge in [0.25, 0.3) is 0 Å². The third-order valence-electron chi connectivity index (χ3n) is 4.09. The van der Waals surface area contributed by atoms with Crippen molar-refractivity contribution in [3.05, 3.63) is 40.5 Å². The van der Waals surface area contributed by atoms with Gasteiger partial charge in [-0.1, -0.05) is 0 Å². The molecule has 0 radical (unpaired) electrons. The number of halogens is 1. The van der Waals surface area contributed by atoms with Crippen molar-refractivity contribution in [1.29, 1.82) is 0 Å². The monoisotopic (exact) mass is 439 g/mol. The van der Waals surface area contributed by atoms with Crippen LogP contribution in [-0.2, 0) is 16.0 Å². The maximum absolute atomic E-state index is 12.3. The van der Waals surface area contributed by atoms with Crippen LogP contribution < -0.4 is 0 Å². The zero-order valence-electron chi connectivity index (χ0n) is 15.3. The second-order valence-corrected chi connectivity index (χ2v) is 7.56. The summed E-state index contributed by atoms with van der Waals surface area (Å²) in [7, 11) is 0. The fourth-order valence-electron chi connectivity index (χ4n) is 2.80. The zero-order valence-corrected chi connectivity index (χ0v) is 16.8. The van der Waals surface area contributed by atoms with E-state index in [0.29, 0.717) is 38.2 Å². The number of amides is 1. The first-order valence-corrected chi connectivity index (χ1v) is 9.63. The SMILES string of the molecule is CC(C)OC(=O)N1CCC(OC(=O)c2ccc(Cn3cc(Br)cn3)o2)CC1. The fourth-order valence-corrected chi connectivity index (χ4v) is 3.13. The Labute approximate surface area is 165 Å². The van der Waals surface area contributed by atoms with Gasteiger partial charge in [0, 0.05) is 32.1 Å². The third-order valence-corrected chi connectivity index (χ3v) is 4.50. The van der Waals surface area contributed by atoms with Crippen molar-refractivity contribution in [2.24, 2.45) is 0 Å². The Hall–Kier alpha value is -2.29. The van der Waals surface area contributed by atoms with Crippen molar-refractivity contribution in [3.63, 3.8) is 0 Å². The van der Waals surface area contributed by atoms with Crippen LogP contribution in [0.4, 0.5) is 4.79 Å². The molecule has 0 bridgehead atoms. The molecule has 0 unspecified atom stereocenters. The molecule has 0 aliphatic carbocycles. The van der Waals surface area contributed by atoms with Gasteiger partial charge in [0.05, 0.1) is 23.3 Å². The molecule has 2 aromatic rings. The summed E-state index contributed by atoms with van der Waals surface area (Å²) in [5.41, 5.74) is 0. The number of ether oxygens (including phenoxy) is 2. The molecule has 0 aromatic carbocycles. The number of carbonyl (C=O) groups excluding carboxylic acids is 2. The minimum Gasteiger partial charge on any atom is -0.456 e. The van der Waals surface area contributed by atoms with E-state index in [1.165, 1.54) is 0 Å². The van der Waals surface area contributed by atoms with E-state index in [2.05, 4.69) is 21.0 Å². The van der Waals surface area contributed by atoms with Crippen LogP contribution in [0.2, 0.25) is 0 Å². The molecule has 0 spiro atoms. The number of hydrogen-bond donors (Lipinski definition) is 0. The molecule has 0 saturated carbocycles. The number of carbonyl (C=O) groups is 2. The third kappa shape index (κ3) is 5.35. The van der Waals surface area contributed by atoms with Crippen molar-refractivity contribution >= 4 is 28.0 Å². The molecule has 1 saturated heterocycles. The average Bonchev–Trinajstić information content (AvgIpc) is 3.24. The summed E-state index contributed by atoms with van der Waals surface area (Å²) in [6.45, 7) is 5.06. The molecule has 1 aliphatic rings. The Bertz CT molecular complexity index is 793. The van der Waals surface area contributed by atoms with E-state index in [-0.39, 0.29) is 24.1 Å². The first-order valence-electron chi connectivity index (χ1n) is 8.84. The number of rotatable bonds is 5. The molecule has 3 rings (SSSR count). The Morgan fingerprint density at radius 3 is 2.70 bits per heavy atom. The van der Waals surface area contributed by atoms with Crippen LogP contribution >= 0.6 is 15.9 Å². The number of aromatic nitrogens is 2. The summed E-state index contributed by atoms with van der Waals surface area (Å²) in [4.78, 5) is 25.8. The van der Waals surface area contributed by atoms with Crippen molar-refractivity contribution in [1.82, 2.24) is 14.7 Å². The lowest BCUT2D eigenvalue weighted by Gasteiger charge is -2.31. The van der Waals surface area contributed by atoms with Crippen LogP contribution in [-0.4, -0.2) is 52.0 Å². The minimum atomic E-state index is -0.494. The van der Waals surface area contributed by atoms with E-state index in [1.54, 1.807) is 27.9 Å². The molecule has 0 atom stereocenters. The largest absolute Gasteiger partial charge is 0.456 e. The number of hydrogen-bond acceptors (Lipinski definition) is 6. The normalized spacial score (nSPS) is 15.2. The fraction of sp³-hybridized carbons (Fsp3) is 0.500. The number of esters is 1. The summed E-state index contributed by atoms with van der Waals surface area (Å²) in [5.74, 6) is 0.285. The highest BCUT2D eigenvalue weighted by atomic mass is 79.9. The predicted molar refractivity (Wildman–Crippen MR) is 99.4 cm³/mol. The van der Waals surface area contributed by atoms with E-state index in [9.17, 15) is 9.59 Å². The second kappa shape index (κ2) is 8.60. The lowest BCUT2D eigenvalue weighted by Crippen LogP contribution is -2.42. The van der Waals surface area contributed by atoms with Gasteiger partial charge in [0.2, 0.25) is 5.76 Å². The summed E-state index contributed by atoms with van der Waals surface area (Å²) >= 11 is 3.33. The number of piperidine rings is 1. The molecule has 9 heteroatoms. The van der Waals surface area contributed by atoms with Crippen molar-refractivity contribution in [2.45, 2.75) is 45.4 Å².